The van der Waals surface area contributed by atoms with E-state index in [1.165, 1.54) is 30.6 Å². The Kier molecular flexibility index (Phi) is 2.74. The van der Waals surface area contributed by atoms with Gasteiger partial charge in [-0.2, -0.15) is 0 Å². The quantitative estimate of drug-likeness (QED) is 0.834. The predicted molar refractivity (Wildman–Crippen MR) is 58.3 cm³/mol. The molecule has 2 aromatic rings. The van der Waals surface area contributed by atoms with Crippen molar-refractivity contribution < 1.29 is 19.4 Å². The standard InChI is InChI=1S/C12H8FNO3/c13-10-4-7(1-2-11(10)15)8-3-9(12(16)17)6-14-5-8/h1-6,15H,(H,16,17). The Hall–Kier alpha value is -2.43. The molecule has 86 valence electrons. The van der Waals surface area contributed by atoms with E-state index in [2.05, 4.69) is 4.98 Å². The van der Waals surface area contributed by atoms with E-state index in [9.17, 15) is 9.18 Å². The number of halogens is 1. The summed E-state index contributed by atoms with van der Waals surface area (Å²) < 4.78 is 13.1. The van der Waals surface area contributed by atoms with Crippen LogP contribution in [0.2, 0.25) is 0 Å². The highest BCUT2D eigenvalue weighted by Crippen LogP contribution is 2.24. The maximum absolute atomic E-state index is 13.1. The Morgan fingerprint density at radius 1 is 1.18 bits per heavy atom. The SMILES string of the molecule is O=C(O)c1cncc(-c2ccc(O)c(F)c2)c1. The van der Waals surface area contributed by atoms with Gasteiger partial charge in [-0.1, -0.05) is 6.07 Å². The molecule has 0 amide bonds. The molecule has 1 heterocycles. The van der Waals surface area contributed by atoms with Gasteiger partial charge in [-0.15, -0.1) is 0 Å². The minimum atomic E-state index is -1.10. The number of hydrogen-bond donors (Lipinski definition) is 2. The third-order valence-electron chi connectivity index (χ3n) is 2.27. The zero-order valence-electron chi connectivity index (χ0n) is 8.59. The molecule has 1 aromatic carbocycles. The van der Waals surface area contributed by atoms with Gasteiger partial charge in [0.05, 0.1) is 5.56 Å². The molecule has 2 N–H and O–H groups in total. The number of benzene rings is 1. The van der Waals surface area contributed by atoms with Crippen molar-refractivity contribution >= 4 is 5.97 Å². The van der Waals surface area contributed by atoms with Gasteiger partial charge >= 0.3 is 5.97 Å². The molecule has 0 fully saturated rings. The lowest BCUT2D eigenvalue weighted by atomic mass is 10.1. The summed E-state index contributed by atoms with van der Waals surface area (Å²) in [4.78, 5) is 14.5. The first kappa shape index (κ1) is 11.1. The highest BCUT2D eigenvalue weighted by molar-refractivity contribution is 5.88. The lowest BCUT2D eigenvalue weighted by molar-refractivity contribution is 0.0696. The maximum Gasteiger partial charge on any atom is 0.337 e. The number of carboxylic acids is 1. The van der Waals surface area contributed by atoms with Crippen molar-refractivity contribution in [2.75, 3.05) is 0 Å². The number of pyridine rings is 1. The van der Waals surface area contributed by atoms with E-state index < -0.39 is 17.5 Å². The summed E-state index contributed by atoms with van der Waals surface area (Å²) in [6.07, 6.45) is 2.64. The van der Waals surface area contributed by atoms with Crippen LogP contribution in [0.4, 0.5) is 4.39 Å². The van der Waals surface area contributed by atoms with Crippen molar-refractivity contribution in [3.63, 3.8) is 0 Å². The van der Waals surface area contributed by atoms with Crippen LogP contribution in [-0.4, -0.2) is 21.2 Å². The Morgan fingerprint density at radius 3 is 2.59 bits per heavy atom. The largest absolute Gasteiger partial charge is 0.505 e. The first-order valence-electron chi connectivity index (χ1n) is 4.75. The van der Waals surface area contributed by atoms with Gasteiger partial charge in [0, 0.05) is 18.0 Å². The first-order chi connectivity index (χ1) is 8.08. The van der Waals surface area contributed by atoms with E-state index in [4.69, 9.17) is 10.2 Å². The Bertz CT molecular complexity index is 584. The normalized spacial score (nSPS) is 10.2. The van der Waals surface area contributed by atoms with Crippen LogP contribution in [0.25, 0.3) is 11.1 Å². The molecule has 0 atom stereocenters. The van der Waals surface area contributed by atoms with Gasteiger partial charge < -0.3 is 10.2 Å². The van der Waals surface area contributed by atoms with E-state index in [1.807, 2.05) is 0 Å². The number of nitrogens with zero attached hydrogens (tertiary/aromatic N) is 1. The minimum absolute atomic E-state index is 0.0241. The average Bonchev–Trinajstić information content (AvgIpc) is 2.33. The number of aromatic carboxylic acids is 1. The molecule has 17 heavy (non-hydrogen) atoms. The van der Waals surface area contributed by atoms with Crippen LogP contribution >= 0.6 is 0 Å². The molecule has 0 aliphatic rings. The smallest absolute Gasteiger partial charge is 0.337 e. The maximum atomic E-state index is 13.1. The van der Waals surface area contributed by atoms with Gasteiger partial charge in [0.2, 0.25) is 0 Å². The van der Waals surface area contributed by atoms with Gasteiger partial charge in [-0.3, -0.25) is 4.98 Å². The van der Waals surface area contributed by atoms with Gasteiger partial charge in [-0.05, 0) is 23.8 Å². The fourth-order valence-electron chi connectivity index (χ4n) is 1.40. The zero-order valence-corrected chi connectivity index (χ0v) is 8.59. The van der Waals surface area contributed by atoms with Crippen molar-refractivity contribution in [2.24, 2.45) is 0 Å². The molecule has 0 aliphatic carbocycles. The lowest BCUT2D eigenvalue weighted by Gasteiger charge is -2.03. The van der Waals surface area contributed by atoms with Crippen molar-refractivity contribution in [3.8, 4) is 16.9 Å². The Morgan fingerprint density at radius 2 is 1.94 bits per heavy atom. The van der Waals surface area contributed by atoms with Crippen LogP contribution in [-0.2, 0) is 0 Å². The summed E-state index contributed by atoms with van der Waals surface area (Å²) in [5.74, 6) is -2.31. The number of carboxylic acid groups (broad SMARTS) is 1. The molecular weight excluding hydrogens is 225 g/mol. The van der Waals surface area contributed by atoms with Gasteiger partial charge in [0.25, 0.3) is 0 Å². The number of phenolic OH excluding ortho intramolecular Hbond substituents is 1. The molecule has 4 nitrogen and oxygen atoms in total. The van der Waals surface area contributed by atoms with E-state index in [0.29, 0.717) is 11.1 Å². The fraction of sp³-hybridized carbons (Fsp3) is 0. The van der Waals surface area contributed by atoms with Crippen LogP contribution < -0.4 is 0 Å². The molecule has 0 aliphatic heterocycles. The van der Waals surface area contributed by atoms with Crippen molar-refractivity contribution in [3.05, 3.63) is 48.0 Å². The molecule has 0 unspecified atom stereocenters. The molecule has 5 heteroatoms. The number of aromatic nitrogens is 1. The zero-order chi connectivity index (χ0) is 12.4. The summed E-state index contributed by atoms with van der Waals surface area (Å²) >= 11 is 0. The highest BCUT2D eigenvalue weighted by Gasteiger charge is 2.07. The second kappa shape index (κ2) is 4.21. The highest BCUT2D eigenvalue weighted by atomic mass is 19.1. The van der Waals surface area contributed by atoms with E-state index in [1.54, 1.807) is 0 Å². The number of hydrogen-bond acceptors (Lipinski definition) is 3. The monoisotopic (exact) mass is 233 g/mol. The van der Waals surface area contributed by atoms with E-state index >= 15 is 0 Å². The summed E-state index contributed by atoms with van der Waals surface area (Å²) in [6.45, 7) is 0. The first-order valence-corrected chi connectivity index (χ1v) is 4.75. The molecular formula is C12H8FNO3. The molecule has 0 saturated carbocycles. The Labute approximate surface area is 96.0 Å². The molecule has 0 spiro atoms. The molecule has 2 rings (SSSR count). The van der Waals surface area contributed by atoms with Crippen molar-refractivity contribution in [2.45, 2.75) is 0 Å². The number of phenols is 1. The summed E-state index contributed by atoms with van der Waals surface area (Å²) in [7, 11) is 0. The minimum Gasteiger partial charge on any atom is -0.505 e. The summed E-state index contributed by atoms with van der Waals surface area (Å²) in [5.41, 5.74) is 0.954. The Balaban J connectivity index is 2.49. The van der Waals surface area contributed by atoms with Gasteiger partial charge in [-0.25, -0.2) is 9.18 Å². The summed E-state index contributed by atoms with van der Waals surface area (Å²) in [6, 6.07) is 5.21. The van der Waals surface area contributed by atoms with Crippen molar-refractivity contribution in [1.82, 2.24) is 4.98 Å². The van der Waals surface area contributed by atoms with Crippen LogP contribution in [0.1, 0.15) is 10.4 Å². The van der Waals surface area contributed by atoms with Gasteiger partial charge in [0.15, 0.2) is 11.6 Å². The average molecular weight is 233 g/mol. The molecule has 1 aromatic heterocycles. The van der Waals surface area contributed by atoms with Crippen molar-refractivity contribution in [1.29, 1.82) is 0 Å². The van der Waals surface area contributed by atoms with Crippen LogP contribution in [0.5, 0.6) is 5.75 Å². The second-order valence-electron chi connectivity index (χ2n) is 3.43. The van der Waals surface area contributed by atoms with Crippen LogP contribution in [0, 0.1) is 5.82 Å². The number of rotatable bonds is 2. The van der Waals surface area contributed by atoms with E-state index in [0.717, 1.165) is 6.07 Å². The van der Waals surface area contributed by atoms with Crippen LogP contribution in [0.3, 0.4) is 0 Å². The van der Waals surface area contributed by atoms with E-state index in [-0.39, 0.29) is 5.56 Å². The molecule has 0 radical (unpaired) electrons. The summed E-state index contributed by atoms with van der Waals surface area (Å²) in [5, 5.41) is 17.8. The third-order valence-corrected chi connectivity index (χ3v) is 2.27. The lowest BCUT2D eigenvalue weighted by Crippen LogP contribution is -1.97. The predicted octanol–water partition coefficient (Wildman–Crippen LogP) is 2.29. The van der Waals surface area contributed by atoms with Crippen LogP contribution in [0.15, 0.2) is 36.7 Å². The second-order valence-corrected chi connectivity index (χ2v) is 3.43. The number of carbonyl (C=O) groups is 1. The topological polar surface area (TPSA) is 70.4 Å². The number of aromatic hydroxyl groups is 1. The third kappa shape index (κ3) is 2.23. The fourth-order valence-corrected chi connectivity index (χ4v) is 1.40. The molecule has 0 bridgehead atoms. The molecule has 0 saturated heterocycles. The van der Waals surface area contributed by atoms with Gasteiger partial charge in [0.1, 0.15) is 0 Å².